The Bertz CT molecular complexity index is 501. The third-order valence-electron chi connectivity index (χ3n) is 2.60. The van der Waals surface area contributed by atoms with Crippen molar-refractivity contribution in [2.75, 3.05) is 12.0 Å². The minimum absolute atomic E-state index is 0.0329. The van der Waals surface area contributed by atoms with Gasteiger partial charge in [-0.25, -0.2) is 8.42 Å². The van der Waals surface area contributed by atoms with Crippen molar-refractivity contribution in [3.8, 4) is 0 Å². The minimum atomic E-state index is -2.91. The van der Waals surface area contributed by atoms with Gasteiger partial charge in [-0.2, -0.15) is 0 Å². The molecular weight excluding hydrogens is 280 g/mol. The highest BCUT2D eigenvalue weighted by Gasteiger charge is 2.08. The second-order valence-electron chi connectivity index (χ2n) is 4.63. The van der Waals surface area contributed by atoms with Crippen molar-refractivity contribution >= 4 is 27.2 Å². The predicted octanol–water partition coefficient (Wildman–Crippen LogP) is 1.47. The van der Waals surface area contributed by atoms with Crippen molar-refractivity contribution in [1.29, 1.82) is 0 Å². The second-order valence-corrected chi connectivity index (χ2v) is 7.30. The molecule has 0 bridgehead atoms. The fraction of sp³-hybridized carbons (Fsp3) is 0.462. The van der Waals surface area contributed by atoms with Gasteiger partial charge in [0.1, 0.15) is 9.84 Å². The Hall–Kier alpha value is -1.14. The van der Waals surface area contributed by atoms with Crippen molar-refractivity contribution in [2.45, 2.75) is 25.9 Å². The number of hydrogen-bond donors (Lipinski definition) is 2. The van der Waals surface area contributed by atoms with E-state index in [1.807, 2.05) is 37.3 Å². The van der Waals surface area contributed by atoms with Gasteiger partial charge in [0.15, 0.2) is 5.11 Å². The maximum absolute atomic E-state index is 11.1. The van der Waals surface area contributed by atoms with Gasteiger partial charge < -0.3 is 10.6 Å². The van der Waals surface area contributed by atoms with Crippen molar-refractivity contribution in [2.24, 2.45) is 0 Å². The molecule has 0 spiro atoms. The molecule has 0 aromatic heterocycles. The van der Waals surface area contributed by atoms with E-state index in [2.05, 4.69) is 10.6 Å². The summed E-state index contributed by atoms with van der Waals surface area (Å²) in [6.45, 7) is 2.58. The summed E-state index contributed by atoms with van der Waals surface area (Å²) < 4.78 is 22.1. The normalized spacial score (nSPS) is 12.7. The molecule has 0 saturated heterocycles. The van der Waals surface area contributed by atoms with Crippen LogP contribution in [-0.4, -0.2) is 31.6 Å². The monoisotopic (exact) mass is 300 g/mol. The Morgan fingerprint density at radius 3 is 2.53 bits per heavy atom. The van der Waals surface area contributed by atoms with Crippen LogP contribution in [0.4, 0.5) is 0 Å². The van der Waals surface area contributed by atoms with E-state index in [1.165, 1.54) is 6.26 Å². The standard InChI is InChI=1S/C13H20N2O2S2/c1-11(8-9-19(2,16)17)15-13(18)14-10-12-6-4-3-5-7-12/h3-7,11H,8-10H2,1-2H3,(H2,14,15,18)/t11-/m1/s1. The van der Waals surface area contributed by atoms with Crippen LogP contribution in [0.25, 0.3) is 0 Å². The predicted molar refractivity (Wildman–Crippen MR) is 82.8 cm³/mol. The fourth-order valence-corrected chi connectivity index (χ4v) is 2.57. The molecule has 2 N–H and O–H groups in total. The number of benzene rings is 1. The summed E-state index contributed by atoms with van der Waals surface area (Å²) in [5.74, 6) is 0.169. The number of sulfone groups is 1. The molecule has 4 nitrogen and oxygen atoms in total. The van der Waals surface area contributed by atoms with Gasteiger partial charge in [0.05, 0.1) is 5.75 Å². The zero-order valence-electron chi connectivity index (χ0n) is 11.2. The number of rotatable bonds is 6. The van der Waals surface area contributed by atoms with Crippen LogP contribution in [-0.2, 0) is 16.4 Å². The Morgan fingerprint density at radius 1 is 1.32 bits per heavy atom. The lowest BCUT2D eigenvalue weighted by atomic mass is 10.2. The summed E-state index contributed by atoms with van der Waals surface area (Å²) in [5.41, 5.74) is 1.15. The molecule has 0 aliphatic rings. The number of nitrogens with one attached hydrogen (secondary N) is 2. The SMILES string of the molecule is C[C@H](CCS(C)(=O)=O)NC(=S)NCc1ccccc1. The lowest BCUT2D eigenvalue weighted by molar-refractivity contribution is 0.583. The van der Waals surface area contributed by atoms with Gasteiger partial charge in [0.2, 0.25) is 0 Å². The van der Waals surface area contributed by atoms with Crippen molar-refractivity contribution < 1.29 is 8.42 Å². The van der Waals surface area contributed by atoms with Crippen molar-refractivity contribution in [3.05, 3.63) is 35.9 Å². The summed E-state index contributed by atoms with van der Waals surface area (Å²) in [5, 5.41) is 6.72. The summed E-state index contributed by atoms with van der Waals surface area (Å²) in [6, 6.07) is 9.98. The van der Waals surface area contributed by atoms with Gasteiger partial charge in [-0.3, -0.25) is 0 Å². The minimum Gasteiger partial charge on any atom is -0.360 e. The van der Waals surface area contributed by atoms with E-state index >= 15 is 0 Å². The van der Waals surface area contributed by atoms with E-state index in [1.54, 1.807) is 0 Å². The van der Waals surface area contributed by atoms with Crippen LogP contribution < -0.4 is 10.6 Å². The highest BCUT2D eigenvalue weighted by atomic mass is 32.2. The van der Waals surface area contributed by atoms with E-state index in [4.69, 9.17) is 12.2 Å². The molecule has 0 aliphatic heterocycles. The first kappa shape index (κ1) is 15.9. The van der Waals surface area contributed by atoms with Crippen LogP contribution in [0, 0.1) is 0 Å². The van der Waals surface area contributed by atoms with Gasteiger partial charge in [-0.15, -0.1) is 0 Å². The van der Waals surface area contributed by atoms with Crippen LogP contribution in [0.2, 0.25) is 0 Å². The molecule has 19 heavy (non-hydrogen) atoms. The second kappa shape index (κ2) is 7.45. The zero-order valence-corrected chi connectivity index (χ0v) is 12.9. The average molecular weight is 300 g/mol. The Balaban J connectivity index is 2.27. The molecule has 0 unspecified atom stereocenters. The molecular formula is C13H20N2O2S2. The number of thiocarbonyl (C=S) groups is 1. The number of hydrogen-bond acceptors (Lipinski definition) is 3. The van der Waals surface area contributed by atoms with Gasteiger partial charge in [-0.1, -0.05) is 30.3 Å². The largest absolute Gasteiger partial charge is 0.360 e. The third kappa shape index (κ3) is 7.79. The van der Waals surface area contributed by atoms with E-state index < -0.39 is 9.84 Å². The first-order valence-electron chi connectivity index (χ1n) is 6.13. The molecule has 1 aromatic rings. The summed E-state index contributed by atoms with van der Waals surface area (Å²) in [4.78, 5) is 0. The molecule has 1 atom stereocenters. The first-order valence-corrected chi connectivity index (χ1v) is 8.60. The van der Waals surface area contributed by atoms with Gasteiger partial charge in [0.25, 0.3) is 0 Å². The van der Waals surface area contributed by atoms with Crippen LogP contribution in [0.1, 0.15) is 18.9 Å². The summed E-state index contributed by atoms with van der Waals surface area (Å²) in [7, 11) is -2.91. The van der Waals surface area contributed by atoms with E-state index in [0.717, 1.165) is 5.56 Å². The van der Waals surface area contributed by atoms with Crippen LogP contribution in [0.5, 0.6) is 0 Å². The van der Waals surface area contributed by atoms with Crippen molar-refractivity contribution in [3.63, 3.8) is 0 Å². The topological polar surface area (TPSA) is 58.2 Å². The van der Waals surface area contributed by atoms with Crippen LogP contribution in [0.15, 0.2) is 30.3 Å². The fourth-order valence-electron chi connectivity index (χ4n) is 1.52. The molecule has 6 heteroatoms. The molecule has 0 fully saturated rings. The van der Waals surface area contributed by atoms with Gasteiger partial charge >= 0.3 is 0 Å². The van der Waals surface area contributed by atoms with Gasteiger partial charge in [0, 0.05) is 18.8 Å². The third-order valence-corrected chi connectivity index (χ3v) is 3.83. The zero-order chi connectivity index (χ0) is 14.3. The molecule has 0 heterocycles. The quantitative estimate of drug-likeness (QED) is 0.779. The molecule has 1 rings (SSSR count). The first-order chi connectivity index (χ1) is 8.87. The average Bonchev–Trinajstić information content (AvgIpc) is 2.34. The van der Waals surface area contributed by atoms with Crippen LogP contribution in [0.3, 0.4) is 0 Å². The van der Waals surface area contributed by atoms with Crippen molar-refractivity contribution in [1.82, 2.24) is 10.6 Å². The Morgan fingerprint density at radius 2 is 1.95 bits per heavy atom. The van der Waals surface area contributed by atoms with E-state index in [-0.39, 0.29) is 11.8 Å². The maximum Gasteiger partial charge on any atom is 0.166 e. The van der Waals surface area contributed by atoms with Crippen LogP contribution >= 0.6 is 12.2 Å². The molecule has 0 saturated carbocycles. The highest BCUT2D eigenvalue weighted by molar-refractivity contribution is 7.90. The van der Waals surface area contributed by atoms with E-state index in [9.17, 15) is 8.42 Å². The highest BCUT2D eigenvalue weighted by Crippen LogP contribution is 1.98. The lowest BCUT2D eigenvalue weighted by Gasteiger charge is -2.16. The van der Waals surface area contributed by atoms with Gasteiger partial charge in [-0.05, 0) is 31.1 Å². The maximum atomic E-state index is 11.1. The summed E-state index contributed by atoms with van der Waals surface area (Å²) in [6.07, 6.45) is 1.79. The molecule has 0 amide bonds. The molecule has 106 valence electrons. The molecule has 1 aromatic carbocycles. The lowest BCUT2D eigenvalue weighted by Crippen LogP contribution is -2.40. The summed E-state index contributed by atoms with van der Waals surface area (Å²) >= 11 is 5.17. The Kier molecular flexibility index (Phi) is 6.24. The molecule has 0 radical (unpaired) electrons. The smallest absolute Gasteiger partial charge is 0.166 e. The van der Waals surface area contributed by atoms with E-state index in [0.29, 0.717) is 18.1 Å². The Labute approximate surface area is 120 Å². The molecule has 0 aliphatic carbocycles.